The lowest BCUT2D eigenvalue weighted by molar-refractivity contribution is -0.120. The molecule has 2 aromatic heterocycles. The average molecular weight is 390 g/mol. The van der Waals surface area contributed by atoms with E-state index in [-0.39, 0.29) is 24.6 Å². The van der Waals surface area contributed by atoms with E-state index in [0.717, 1.165) is 22.1 Å². The quantitative estimate of drug-likeness (QED) is 0.507. The van der Waals surface area contributed by atoms with Crippen molar-refractivity contribution in [1.29, 1.82) is 0 Å². The van der Waals surface area contributed by atoms with Crippen LogP contribution in [0, 0.1) is 12.7 Å². The molecule has 0 bridgehead atoms. The Morgan fingerprint density at radius 1 is 1.21 bits per heavy atom. The Morgan fingerprint density at radius 2 is 2.10 bits per heavy atom. The molecule has 0 aliphatic rings. The summed E-state index contributed by atoms with van der Waals surface area (Å²) in [4.78, 5) is 16.2. The van der Waals surface area contributed by atoms with Crippen molar-refractivity contribution in [3.63, 3.8) is 0 Å². The number of rotatable bonds is 6. The van der Waals surface area contributed by atoms with E-state index in [9.17, 15) is 9.18 Å². The summed E-state index contributed by atoms with van der Waals surface area (Å²) in [5.41, 5.74) is 3.32. The number of fused-ring (bicyclic) bond motifs is 1. The van der Waals surface area contributed by atoms with Crippen molar-refractivity contribution in [2.45, 2.75) is 19.9 Å². The van der Waals surface area contributed by atoms with Crippen LogP contribution in [0.15, 0.2) is 71.6 Å². The number of nitrogens with zero attached hydrogens (tertiary/aromatic N) is 1. The van der Waals surface area contributed by atoms with Crippen molar-refractivity contribution in [2.24, 2.45) is 0 Å². The Balaban J connectivity index is 1.37. The number of furan rings is 1. The first-order valence-corrected chi connectivity index (χ1v) is 9.18. The summed E-state index contributed by atoms with van der Waals surface area (Å²) < 4.78 is 25.3. The number of carbonyl (C=O) groups is 1. The second-order valence-electron chi connectivity index (χ2n) is 6.77. The Kier molecular flexibility index (Phi) is 5.24. The highest BCUT2D eigenvalue weighted by molar-refractivity contribution is 5.87. The fourth-order valence-corrected chi connectivity index (χ4v) is 3.03. The van der Waals surface area contributed by atoms with Crippen LogP contribution in [-0.4, -0.2) is 10.9 Å². The van der Waals surface area contributed by atoms with Crippen LogP contribution in [0.5, 0.6) is 11.5 Å². The first-order valence-electron chi connectivity index (χ1n) is 9.18. The van der Waals surface area contributed by atoms with Crippen LogP contribution in [0.3, 0.4) is 0 Å². The average Bonchev–Trinajstić information content (AvgIpc) is 3.10. The molecule has 0 fully saturated rings. The fraction of sp³-hybridized carbons (Fsp3) is 0.130. The third kappa shape index (κ3) is 4.43. The third-order valence-electron chi connectivity index (χ3n) is 4.51. The van der Waals surface area contributed by atoms with Gasteiger partial charge in [0, 0.05) is 23.7 Å². The van der Waals surface area contributed by atoms with Gasteiger partial charge < -0.3 is 14.5 Å². The molecule has 0 spiro atoms. The van der Waals surface area contributed by atoms with Gasteiger partial charge in [0.25, 0.3) is 0 Å². The lowest BCUT2D eigenvalue weighted by atomic mass is 10.1. The van der Waals surface area contributed by atoms with Crippen LogP contribution >= 0.6 is 0 Å². The maximum Gasteiger partial charge on any atom is 0.224 e. The zero-order chi connectivity index (χ0) is 20.2. The summed E-state index contributed by atoms with van der Waals surface area (Å²) >= 11 is 0. The molecule has 1 N–H and O–H groups in total. The number of nitrogens with one attached hydrogen (secondary N) is 1. The van der Waals surface area contributed by atoms with E-state index >= 15 is 0 Å². The first kappa shape index (κ1) is 18.7. The third-order valence-corrected chi connectivity index (χ3v) is 4.51. The smallest absolute Gasteiger partial charge is 0.224 e. The Labute approximate surface area is 167 Å². The van der Waals surface area contributed by atoms with Crippen molar-refractivity contribution < 1.29 is 18.3 Å². The number of aryl methyl sites for hydroxylation is 1. The van der Waals surface area contributed by atoms with E-state index in [1.54, 1.807) is 30.7 Å². The topological polar surface area (TPSA) is 64.4 Å². The van der Waals surface area contributed by atoms with Gasteiger partial charge in [0.05, 0.1) is 18.9 Å². The van der Waals surface area contributed by atoms with Gasteiger partial charge in [-0.3, -0.25) is 9.78 Å². The standard InChI is InChI=1S/C23H19FN2O3/c1-15-4-6-19-17(14-28-22(19)9-15)11-23(27)26-12-16-5-7-21(20(24)10-16)29-18-3-2-8-25-13-18/h2-10,13-14H,11-12H2,1H3,(H,26,27). The number of amides is 1. The van der Waals surface area contributed by atoms with Crippen molar-refractivity contribution in [3.8, 4) is 11.5 Å². The van der Waals surface area contributed by atoms with Gasteiger partial charge in [0.1, 0.15) is 11.3 Å². The van der Waals surface area contributed by atoms with E-state index in [2.05, 4.69) is 10.3 Å². The van der Waals surface area contributed by atoms with Gasteiger partial charge in [-0.05, 0) is 48.4 Å². The van der Waals surface area contributed by atoms with Gasteiger partial charge in [0.15, 0.2) is 11.6 Å². The Bertz CT molecular complexity index is 1160. The summed E-state index contributed by atoms with van der Waals surface area (Å²) in [6.45, 7) is 2.21. The maximum atomic E-state index is 14.3. The van der Waals surface area contributed by atoms with E-state index in [0.29, 0.717) is 11.3 Å². The van der Waals surface area contributed by atoms with Crippen LogP contribution in [0.4, 0.5) is 4.39 Å². The van der Waals surface area contributed by atoms with Gasteiger partial charge in [0.2, 0.25) is 5.91 Å². The van der Waals surface area contributed by atoms with Crippen LogP contribution in [-0.2, 0) is 17.8 Å². The SMILES string of the molecule is Cc1ccc2c(CC(=O)NCc3ccc(Oc4cccnc4)c(F)c3)coc2c1. The number of aromatic nitrogens is 1. The zero-order valence-corrected chi connectivity index (χ0v) is 15.8. The highest BCUT2D eigenvalue weighted by Crippen LogP contribution is 2.25. The summed E-state index contributed by atoms with van der Waals surface area (Å²) in [5.74, 6) is -0.107. The van der Waals surface area contributed by atoms with Gasteiger partial charge in [-0.15, -0.1) is 0 Å². The zero-order valence-electron chi connectivity index (χ0n) is 15.8. The van der Waals surface area contributed by atoms with Gasteiger partial charge in [-0.25, -0.2) is 4.39 Å². The molecule has 0 atom stereocenters. The van der Waals surface area contributed by atoms with Crippen molar-refractivity contribution in [1.82, 2.24) is 10.3 Å². The Hall–Kier alpha value is -3.67. The van der Waals surface area contributed by atoms with E-state index in [1.165, 1.54) is 18.3 Å². The predicted molar refractivity (Wildman–Crippen MR) is 107 cm³/mol. The summed E-state index contributed by atoms with van der Waals surface area (Å²) in [6.07, 6.45) is 4.92. The van der Waals surface area contributed by atoms with E-state index < -0.39 is 5.82 Å². The van der Waals surface area contributed by atoms with Gasteiger partial charge in [-0.1, -0.05) is 18.2 Å². The molecule has 146 valence electrons. The summed E-state index contributed by atoms with van der Waals surface area (Å²) in [7, 11) is 0. The van der Waals surface area contributed by atoms with Crippen LogP contribution in [0.25, 0.3) is 11.0 Å². The van der Waals surface area contributed by atoms with E-state index in [4.69, 9.17) is 9.15 Å². The number of ether oxygens (including phenoxy) is 1. The molecule has 0 aliphatic carbocycles. The molecule has 29 heavy (non-hydrogen) atoms. The molecule has 5 nitrogen and oxygen atoms in total. The lowest BCUT2D eigenvalue weighted by Crippen LogP contribution is -2.24. The number of pyridine rings is 1. The van der Waals surface area contributed by atoms with E-state index in [1.807, 2.05) is 25.1 Å². The maximum absolute atomic E-state index is 14.3. The molecule has 4 aromatic rings. The van der Waals surface area contributed by atoms with Crippen molar-refractivity contribution >= 4 is 16.9 Å². The highest BCUT2D eigenvalue weighted by Gasteiger charge is 2.11. The monoisotopic (exact) mass is 390 g/mol. The highest BCUT2D eigenvalue weighted by atomic mass is 19.1. The Morgan fingerprint density at radius 3 is 2.90 bits per heavy atom. The first-order chi connectivity index (χ1) is 14.1. The molecule has 2 heterocycles. The molecular weight excluding hydrogens is 371 g/mol. The molecule has 4 rings (SSSR count). The van der Waals surface area contributed by atoms with Crippen molar-refractivity contribution in [3.05, 3.63) is 89.7 Å². The summed E-state index contributed by atoms with van der Waals surface area (Å²) in [5, 5.41) is 3.74. The predicted octanol–water partition coefficient (Wildman–Crippen LogP) is 4.93. The molecule has 1 amide bonds. The second-order valence-corrected chi connectivity index (χ2v) is 6.77. The number of hydrogen-bond acceptors (Lipinski definition) is 4. The molecule has 0 aliphatic heterocycles. The number of halogens is 1. The van der Waals surface area contributed by atoms with Gasteiger partial charge >= 0.3 is 0 Å². The van der Waals surface area contributed by atoms with Crippen LogP contribution < -0.4 is 10.1 Å². The molecule has 2 aromatic carbocycles. The largest absolute Gasteiger partial charge is 0.464 e. The number of carbonyl (C=O) groups excluding carboxylic acids is 1. The number of hydrogen-bond donors (Lipinski definition) is 1. The molecular formula is C23H19FN2O3. The molecule has 0 saturated carbocycles. The minimum absolute atomic E-state index is 0.105. The number of benzene rings is 2. The summed E-state index contributed by atoms with van der Waals surface area (Å²) in [6, 6.07) is 13.9. The molecule has 0 saturated heterocycles. The minimum Gasteiger partial charge on any atom is -0.464 e. The second kappa shape index (κ2) is 8.14. The minimum atomic E-state index is -0.503. The van der Waals surface area contributed by atoms with Crippen molar-refractivity contribution in [2.75, 3.05) is 0 Å². The molecule has 0 unspecified atom stereocenters. The fourth-order valence-electron chi connectivity index (χ4n) is 3.03. The molecule has 0 radical (unpaired) electrons. The normalized spacial score (nSPS) is 10.8. The lowest BCUT2D eigenvalue weighted by Gasteiger charge is -2.09. The van der Waals surface area contributed by atoms with Crippen LogP contribution in [0.2, 0.25) is 0 Å². The molecule has 6 heteroatoms. The van der Waals surface area contributed by atoms with Crippen LogP contribution in [0.1, 0.15) is 16.7 Å². The van der Waals surface area contributed by atoms with Gasteiger partial charge in [-0.2, -0.15) is 0 Å².